The van der Waals surface area contributed by atoms with Crippen molar-refractivity contribution < 1.29 is 87.2 Å². The molecule has 2 N–H and O–H groups in total. The first-order chi connectivity index (χ1) is 18.7. The van der Waals surface area contributed by atoms with Gasteiger partial charge < -0.3 is 38.5 Å². The van der Waals surface area contributed by atoms with E-state index in [0.717, 1.165) is 59.6 Å². The number of H-pyrrole nitrogens is 1. The Balaban J connectivity index is 0.00000231. The number of nitrogens with one attached hydrogen (secondary N) is 2. The molecule has 1 fully saturated rings. The first kappa shape index (κ1) is 34.1. The van der Waals surface area contributed by atoms with Gasteiger partial charge in [-0.2, -0.15) is 0 Å². The number of hydrogen-bond donors (Lipinski definition) is 2. The molecule has 1 saturated heterocycles. The number of phosphoric ester groups is 1. The van der Waals surface area contributed by atoms with Crippen molar-refractivity contribution in [3.63, 3.8) is 0 Å². The number of furan rings is 1. The average Bonchev–Trinajstić information content (AvgIpc) is 3.52. The van der Waals surface area contributed by atoms with Crippen LogP contribution in [-0.2, 0) is 26.9 Å². The number of aromatic nitrogens is 1. The molecule has 0 bridgehead atoms. The third kappa shape index (κ3) is 8.83. The number of aryl methyl sites for hydroxylation is 2. The predicted molar refractivity (Wildman–Crippen MR) is 145 cm³/mol. The molecular formula is C29H32N3Na2O6P. The molecule has 1 unspecified atom stereocenters. The Bertz CT molecular complexity index is 1530. The number of fused-ring (bicyclic) bond motifs is 1. The maximum atomic E-state index is 13.4. The van der Waals surface area contributed by atoms with Crippen LogP contribution in [0.15, 0.2) is 59.1 Å². The summed E-state index contributed by atoms with van der Waals surface area (Å²) in [6.07, 6.45) is 5.20. The fourth-order valence-electron chi connectivity index (χ4n) is 5.22. The molecule has 0 aliphatic carbocycles. The number of amides is 1. The van der Waals surface area contributed by atoms with E-state index in [1.54, 1.807) is 6.20 Å². The zero-order chi connectivity index (χ0) is 27.6. The molecule has 1 aliphatic rings. The summed E-state index contributed by atoms with van der Waals surface area (Å²) in [6.45, 7) is 5.54. The van der Waals surface area contributed by atoms with Crippen LogP contribution >= 0.6 is 7.82 Å². The summed E-state index contributed by atoms with van der Waals surface area (Å²) < 4.78 is 21.4. The van der Waals surface area contributed by atoms with Crippen LogP contribution in [0.1, 0.15) is 59.1 Å². The molecule has 1 aliphatic heterocycles. The largest absolute Gasteiger partial charge is 1.00 e. The molecule has 3 heterocycles. The minimum Gasteiger partial charge on any atom is -0.790 e. The summed E-state index contributed by atoms with van der Waals surface area (Å²) in [4.78, 5) is 40.7. The molecule has 1 amide bonds. The number of nitrogens with zero attached hydrogens (tertiary/aromatic N) is 1. The van der Waals surface area contributed by atoms with Crippen molar-refractivity contribution in [1.29, 1.82) is 0 Å². The molecule has 206 valence electrons. The van der Waals surface area contributed by atoms with E-state index in [9.17, 15) is 19.1 Å². The van der Waals surface area contributed by atoms with E-state index in [2.05, 4.69) is 44.8 Å². The number of benzene rings is 2. The van der Waals surface area contributed by atoms with Crippen LogP contribution in [0, 0.1) is 13.8 Å². The molecule has 12 heteroatoms. The van der Waals surface area contributed by atoms with Gasteiger partial charge in [0.1, 0.15) is 17.6 Å². The minimum absolute atomic E-state index is 0. The molecule has 2 aromatic heterocycles. The van der Waals surface area contributed by atoms with E-state index in [1.807, 2.05) is 37.3 Å². The predicted octanol–water partition coefficient (Wildman–Crippen LogP) is -1.83. The maximum absolute atomic E-state index is 13.4. The monoisotopic (exact) mass is 595 g/mol. The second-order valence-electron chi connectivity index (χ2n) is 10.2. The molecule has 0 radical (unpaired) electrons. The van der Waals surface area contributed by atoms with E-state index >= 15 is 0 Å². The summed E-state index contributed by atoms with van der Waals surface area (Å²) >= 11 is 0. The Morgan fingerprint density at radius 1 is 1.07 bits per heavy atom. The SMILES string of the molecule is Cc1ccc(C(NC(=O)Cc2ccc3[nH]cc(COP(=O)([O-])[O-])c3c2)c2ccc(C)o2)c(N2CCCCC2)c1.[Na+].[Na+]. The van der Waals surface area contributed by atoms with Crippen molar-refractivity contribution in [3.05, 3.63) is 88.5 Å². The van der Waals surface area contributed by atoms with Gasteiger partial charge in [0, 0.05) is 47.0 Å². The average molecular weight is 596 g/mol. The van der Waals surface area contributed by atoms with Crippen LogP contribution < -0.4 is 79.1 Å². The first-order valence-corrected chi connectivity index (χ1v) is 14.6. The Morgan fingerprint density at radius 2 is 1.83 bits per heavy atom. The third-order valence-corrected chi connectivity index (χ3v) is 7.56. The van der Waals surface area contributed by atoms with Crippen molar-refractivity contribution in [2.75, 3.05) is 18.0 Å². The molecule has 0 saturated carbocycles. The normalized spacial score (nSPS) is 14.3. The van der Waals surface area contributed by atoms with Crippen LogP contribution in [-0.4, -0.2) is 24.0 Å². The zero-order valence-corrected chi connectivity index (χ0v) is 29.0. The molecule has 2 aromatic carbocycles. The number of hydrogen-bond acceptors (Lipinski definition) is 7. The van der Waals surface area contributed by atoms with Gasteiger partial charge in [-0.25, -0.2) is 0 Å². The van der Waals surface area contributed by atoms with Crippen LogP contribution in [0.4, 0.5) is 5.69 Å². The Morgan fingerprint density at radius 3 is 2.51 bits per heavy atom. The molecule has 4 aromatic rings. The number of carbonyl (C=O) groups is 1. The van der Waals surface area contributed by atoms with Crippen molar-refractivity contribution in [3.8, 4) is 0 Å². The van der Waals surface area contributed by atoms with E-state index < -0.39 is 13.9 Å². The van der Waals surface area contributed by atoms with Gasteiger partial charge in [0.25, 0.3) is 0 Å². The van der Waals surface area contributed by atoms with Crippen molar-refractivity contribution in [2.24, 2.45) is 0 Å². The maximum Gasteiger partial charge on any atom is 1.00 e. The number of carbonyl (C=O) groups excluding carboxylic acids is 1. The molecule has 9 nitrogen and oxygen atoms in total. The molecule has 41 heavy (non-hydrogen) atoms. The molecule has 0 spiro atoms. The number of rotatable bonds is 9. The van der Waals surface area contributed by atoms with Crippen molar-refractivity contribution >= 4 is 30.3 Å². The van der Waals surface area contributed by atoms with E-state index in [1.165, 1.54) is 6.42 Å². The van der Waals surface area contributed by atoms with Crippen molar-refractivity contribution in [2.45, 2.75) is 52.2 Å². The number of piperidine rings is 1. The Kier molecular flexibility index (Phi) is 12.4. The van der Waals surface area contributed by atoms with E-state index in [4.69, 9.17) is 4.42 Å². The van der Waals surface area contributed by atoms with E-state index in [0.29, 0.717) is 16.7 Å². The number of phosphoric acid groups is 1. The Hall–Kier alpha value is -1.36. The second kappa shape index (κ2) is 14.9. The number of aromatic amines is 1. The summed E-state index contributed by atoms with van der Waals surface area (Å²) in [5.41, 5.74) is 5.27. The summed E-state index contributed by atoms with van der Waals surface area (Å²) in [5.74, 6) is 1.25. The van der Waals surface area contributed by atoms with Crippen LogP contribution in [0.2, 0.25) is 0 Å². The smallest absolute Gasteiger partial charge is 0.790 e. The topological polar surface area (TPSA) is 134 Å². The standard InChI is InChI=1S/C29H34N3O6P.2Na/c1-19-6-9-23(26(14-19)32-12-4-3-5-13-32)29(27-11-7-20(2)38-27)31-28(33)16-21-8-10-25-24(15-21)22(17-30-25)18-37-39(34,35)36;;/h6-11,14-15,17,29-30H,3-5,12-13,16,18H2,1-2H3,(H,31,33)(H2,34,35,36);;/q;2*+1/p-2. The van der Waals surface area contributed by atoms with Gasteiger partial charge in [-0.15, -0.1) is 0 Å². The molecular weight excluding hydrogens is 563 g/mol. The Labute approximate surface area is 284 Å². The first-order valence-electron chi connectivity index (χ1n) is 13.1. The van der Waals surface area contributed by atoms with Gasteiger partial charge in [0.2, 0.25) is 5.91 Å². The van der Waals surface area contributed by atoms with Gasteiger partial charge in [0.15, 0.2) is 0 Å². The molecule has 5 rings (SSSR count). The van der Waals surface area contributed by atoms with Gasteiger partial charge >= 0.3 is 59.1 Å². The van der Waals surface area contributed by atoms with Crippen LogP contribution in [0.3, 0.4) is 0 Å². The van der Waals surface area contributed by atoms with Gasteiger partial charge in [-0.1, -0.05) is 18.2 Å². The van der Waals surface area contributed by atoms with Crippen LogP contribution in [0.5, 0.6) is 0 Å². The van der Waals surface area contributed by atoms with Crippen LogP contribution in [0.25, 0.3) is 10.9 Å². The number of anilines is 1. The van der Waals surface area contributed by atoms with Gasteiger partial charge in [-0.05, 0) is 74.6 Å². The summed E-state index contributed by atoms with van der Waals surface area (Å²) in [6, 6.07) is 15.1. The second-order valence-corrected chi connectivity index (χ2v) is 11.3. The zero-order valence-electron chi connectivity index (χ0n) is 24.1. The van der Waals surface area contributed by atoms with Gasteiger partial charge in [0.05, 0.1) is 20.9 Å². The minimum atomic E-state index is -5.10. The fourth-order valence-corrected chi connectivity index (χ4v) is 5.52. The fraction of sp³-hybridized carbons (Fsp3) is 0.345. The summed E-state index contributed by atoms with van der Waals surface area (Å²) in [5, 5.41) is 3.89. The third-order valence-electron chi connectivity index (χ3n) is 7.12. The quantitative estimate of drug-likeness (QED) is 0.172. The van der Waals surface area contributed by atoms with Gasteiger partial charge in [-0.3, -0.25) is 4.79 Å². The van der Waals surface area contributed by atoms with Crippen molar-refractivity contribution in [1.82, 2.24) is 10.3 Å². The van der Waals surface area contributed by atoms with E-state index in [-0.39, 0.29) is 78.0 Å². The summed E-state index contributed by atoms with van der Waals surface area (Å²) in [7, 11) is -5.10. The molecule has 1 atom stereocenters.